The van der Waals surface area contributed by atoms with Crippen molar-refractivity contribution < 1.29 is 4.74 Å². The maximum Gasteiger partial charge on any atom is 0.0621 e. The number of nitrogens with one attached hydrogen (secondary N) is 1. The van der Waals surface area contributed by atoms with Gasteiger partial charge in [-0.2, -0.15) is 0 Å². The van der Waals surface area contributed by atoms with Gasteiger partial charge in [-0.3, -0.25) is 0 Å². The van der Waals surface area contributed by atoms with E-state index >= 15 is 0 Å². The van der Waals surface area contributed by atoms with E-state index in [4.69, 9.17) is 10.5 Å². The van der Waals surface area contributed by atoms with Crippen molar-refractivity contribution in [3.8, 4) is 0 Å². The molecule has 0 amide bonds. The first-order chi connectivity index (χ1) is 7.36. The fraction of sp³-hybridized carbons (Fsp3) is 1.00. The maximum atomic E-state index is 5.96. The predicted octanol–water partition coefficient (Wildman–Crippen LogP) is 1.27. The van der Waals surface area contributed by atoms with Crippen molar-refractivity contribution in [1.29, 1.82) is 0 Å². The summed E-state index contributed by atoms with van der Waals surface area (Å²) in [5.41, 5.74) is 5.96. The molecule has 1 heterocycles. The van der Waals surface area contributed by atoms with Gasteiger partial charge in [0.1, 0.15) is 0 Å². The van der Waals surface area contributed by atoms with Crippen LogP contribution in [0, 0.1) is 5.92 Å². The van der Waals surface area contributed by atoms with E-state index in [1.54, 1.807) is 0 Å². The summed E-state index contributed by atoms with van der Waals surface area (Å²) >= 11 is 0. The number of hydrogen-bond acceptors (Lipinski definition) is 3. The molecule has 0 radical (unpaired) electrons. The van der Waals surface area contributed by atoms with Gasteiger partial charge >= 0.3 is 0 Å². The molecule has 2 unspecified atom stereocenters. The van der Waals surface area contributed by atoms with Crippen LogP contribution in [0.5, 0.6) is 0 Å². The molecular weight excluding hydrogens is 188 g/mol. The van der Waals surface area contributed by atoms with E-state index in [0.29, 0.717) is 5.92 Å². The molecule has 0 spiro atoms. The molecule has 1 aliphatic carbocycles. The van der Waals surface area contributed by atoms with Crippen molar-refractivity contribution in [2.75, 3.05) is 19.8 Å². The molecule has 2 atom stereocenters. The lowest BCUT2D eigenvalue weighted by molar-refractivity contribution is 0.183. The van der Waals surface area contributed by atoms with Gasteiger partial charge in [0.05, 0.1) is 13.2 Å². The normalized spacial score (nSPS) is 34.2. The lowest BCUT2D eigenvalue weighted by Crippen LogP contribution is -2.39. The first-order valence-electron chi connectivity index (χ1n) is 6.43. The van der Waals surface area contributed by atoms with Gasteiger partial charge in [-0.25, -0.2) is 0 Å². The zero-order chi connectivity index (χ0) is 10.5. The molecule has 0 bridgehead atoms. The summed E-state index contributed by atoms with van der Waals surface area (Å²) in [6.45, 7) is 2.64. The molecule has 1 aliphatic heterocycles. The van der Waals surface area contributed by atoms with Crippen LogP contribution >= 0.6 is 0 Å². The van der Waals surface area contributed by atoms with Crippen LogP contribution in [0.4, 0.5) is 0 Å². The van der Waals surface area contributed by atoms with E-state index in [0.717, 1.165) is 25.8 Å². The predicted molar refractivity (Wildman–Crippen MR) is 61.8 cm³/mol. The van der Waals surface area contributed by atoms with Crippen LogP contribution in [-0.2, 0) is 4.74 Å². The Kier molecular flexibility index (Phi) is 4.42. The molecule has 3 N–H and O–H groups in total. The topological polar surface area (TPSA) is 47.3 Å². The molecule has 88 valence electrons. The third-order valence-corrected chi connectivity index (χ3v) is 3.77. The Morgan fingerprint density at radius 3 is 2.40 bits per heavy atom. The minimum atomic E-state index is 0.253. The molecule has 0 aromatic carbocycles. The van der Waals surface area contributed by atoms with E-state index in [2.05, 4.69) is 5.32 Å². The van der Waals surface area contributed by atoms with Crippen LogP contribution in [0.3, 0.4) is 0 Å². The van der Waals surface area contributed by atoms with Crippen molar-refractivity contribution >= 4 is 0 Å². The van der Waals surface area contributed by atoms with Crippen LogP contribution in [-0.4, -0.2) is 31.8 Å². The summed E-state index contributed by atoms with van der Waals surface area (Å²) in [4.78, 5) is 0. The highest BCUT2D eigenvalue weighted by Gasteiger charge is 2.25. The van der Waals surface area contributed by atoms with Gasteiger partial charge in [0, 0.05) is 24.5 Å². The van der Waals surface area contributed by atoms with E-state index in [9.17, 15) is 0 Å². The Balaban J connectivity index is 1.67. The van der Waals surface area contributed by atoms with Crippen LogP contribution in [0.1, 0.15) is 38.5 Å². The smallest absolute Gasteiger partial charge is 0.0621 e. The third-order valence-electron chi connectivity index (χ3n) is 3.77. The molecule has 3 heteroatoms. The standard InChI is InChI=1S/C12H24N2O/c13-12-9-15-8-10(12)7-14-11-5-3-1-2-4-6-11/h10-12,14H,1-9,13H2. The van der Waals surface area contributed by atoms with Crippen molar-refractivity contribution in [2.24, 2.45) is 11.7 Å². The van der Waals surface area contributed by atoms with Gasteiger partial charge in [-0.05, 0) is 12.8 Å². The van der Waals surface area contributed by atoms with Crippen molar-refractivity contribution in [3.05, 3.63) is 0 Å². The molecule has 2 fully saturated rings. The molecule has 0 aromatic rings. The summed E-state index contributed by atoms with van der Waals surface area (Å²) < 4.78 is 5.37. The fourth-order valence-electron chi connectivity index (χ4n) is 2.63. The average molecular weight is 212 g/mol. The summed E-state index contributed by atoms with van der Waals surface area (Å²) in [6, 6.07) is 0.989. The SMILES string of the molecule is NC1COCC1CNC1CCCCCC1. The molecule has 1 saturated carbocycles. The number of ether oxygens (including phenoxy) is 1. The summed E-state index contributed by atoms with van der Waals surface area (Å²) in [5, 5.41) is 3.67. The van der Waals surface area contributed by atoms with Crippen molar-refractivity contribution in [3.63, 3.8) is 0 Å². The molecule has 15 heavy (non-hydrogen) atoms. The monoisotopic (exact) mass is 212 g/mol. The van der Waals surface area contributed by atoms with Crippen LogP contribution in [0.15, 0.2) is 0 Å². The van der Waals surface area contributed by atoms with Gasteiger partial charge in [-0.15, -0.1) is 0 Å². The zero-order valence-corrected chi connectivity index (χ0v) is 9.58. The fourth-order valence-corrected chi connectivity index (χ4v) is 2.63. The van der Waals surface area contributed by atoms with Crippen LogP contribution in [0.25, 0.3) is 0 Å². The minimum Gasteiger partial charge on any atom is -0.379 e. The molecular formula is C12H24N2O. The van der Waals surface area contributed by atoms with Gasteiger partial charge in [0.25, 0.3) is 0 Å². The molecule has 0 aromatic heterocycles. The second-order valence-corrected chi connectivity index (χ2v) is 5.06. The Labute approximate surface area is 92.7 Å². The van der Waals surface area contributed by atoms with Gasteiger partial charge < -0.3 is 15.8 Å². The maximum absolute atomic E-state index is 5.96. The van der Waals surface area contributed by atoms with Crippen LogP contribution in [0.2, 0.25) is 0 Å². The summed E-state index contributed by atoms with van der Waals surface area (Å²) in [7, 11) is 0. The highest BCUT2D eigenvalue weighted by atomic mass is 16.5. The third kappa shape index (κ3) is 3.44. The van der Waals surface area contributed by atoms with Crippen molar-refractivity contribution in [1.82, 2.24) is 5.32 Å². The highest BCUT2D eigenvalue weighted by molar-refractivity contribution is 4.81. The van der Waals surface area contributed by atoms with Crippen molar-refractivity contribution in [2.45, 2.75) is 50.6 Å². The van der Waals surface area contributed by atoms with Gasteiger partial charge in [0.2, 0.25) is 0 Å². The average Bonchev–Trinajstić information content (AvgIpc) is 2.53. The Hall–Kier alpha value is -0.120. The lowest BCUT2D eigenvalue weighted by atomic mass is 10.0. The number of hydrogen-bond donors (Lipinski definition) is 2. The first kappa shape index (κ1) is 11.4. The second-order valence-electron chi connectivity index (χ2n) is 5.06. The molecule has 1 saturated heterocycles. The number of nitrogens with two attached hydrogens (primary N) is 1. The summed E-state index contributed by atoms with van der Waals surface area (Å²) in [6.07, 6.45) is 8.33. The number of rotatable bonds is 3. The molecule has 2 rings (SSSR count). The Morgan fingerprint density at radius 2 is 1.80 bits per heavy atom. The molecule has 2 aliphatic rings. The largest absolute Gasteiger partial charge is 0.379 e. The highest BCUT2D eigenvalue weighted by Crippen LogP contribution is 2.18. The zero-order valence-electron chi connectivity index (χ0n) is 9.58. The van der Waals surface area contributed by atoms with E-state index in [1.165, 1.54) is 38.5 Å². The second kappa shape index (κ2) is 5.83. The molecule has 3 nitrogen and oxygen atoms in total. The van der Waals surface area contributed by atoms with E-state index in [-0.39, 0.29) is 6.04 Å². The van der Waals surface area contributed by atoms with E-state index in [1.807, 2.05) is 0 Å². The minimum absolute atomic E-state index is 0.253. The lowest BCUT2D eigenvalue weighted by Gasteiger charge is -2.20. The van der Waals surface area contributed by atoms with Gasteiger partial charge in [-0.1, -0.05) is 25.7 Å². The Bertz CT molecular complexity index is 178. The Morgan fingerprint density at radius 1 is 1.07 bits per heavy atom. The first-order valence-corrected chi connectivity index (χ1v) is 6.43. The van der Waals surface area contributed by atoms with Gasteiger partial charge in [0.15, 0.2) is 0 Å². The van der Waals surface area contributed by atoms with Crippen LogP contribution < -0.4 is 11.1 Å². The summed E-state index contributed by atoms with van der Waals surface area (Å²) in [5.74, 6) is 0.535. The quantitative estimate of drug-likeness (QED) is 0.693. The van der Waals surface area contributed by atoms with E-state index < -0.39 is 0 Å².